The van der Waals surface area contributed by atoms with Crippen molar-refractivity contribution in [1.29, 1.82) is 5.26 Å². The second-order valence-electron chi connectivity index (χ2n) is 4.32. The molecule has 0 radical (unpaired) electrons. The highest BCUT2D eigenvalue weighted by atomic mass is 35.5. The van der Waals surface area contributed by atoms with Crippen LogP contribution in [0.25, 0.3) is 0 Å². The van der Waals surface area contributed by atoms with Gasteiger partial charge in [0, 0.05) is 5.69 Å². The number of anilines is 1. The van der Waals surface area contributed by atoms with E-state index in [1.165, 1.54) is 0 Å². The predicted molar refractivity (Wildman–Crippen MR) is 70.7 cm³/mol. The maximum atomic E-state index is 11.3. The minimum Gasteiger partial charge on any atom is -0.480 e. The van der Waals surface area contributed by atoms with E-state index in [1.807, 2.05) is 13.0 Å². The lowest BCUT2D eigenvalue weighted by molar-refractivity contribution is -0.141. The molecule has 0 aliphatic carbocycles. The first kappa shape index (κ1) is 14.3. The smallest absolute Gasteiger partial charge is 0.329 e. The van der Waals surface area contributed by atoms with Gasteiger partial charge in [0.1, 0.15) is 11.6 Å². The van der Waals surface area contributed by atoms with E-state index in [0.717, 1.165) is 6.42 Å². The fraction of sp³-hybridized carbons (Fsp3) is 0.385. The largest absolute Gasteiger partial charge is 0.480 e. The van der Waals surface area contributed by atoms with Crippen molar-refractivity contribution in [3.63, 3.8) is 0 Å². The van der Waals surface area contributed by atoms with Gasteiger partial charge >= 0.3 is 5.97 Å². The molecule has 0 bridgehead atoms. The van der Waals surface area contributed by atoms with Crippen LogP contribution < -0.4 is 5.32 Å². The summed E-state index contributed by atoms with van der Waals surface area (Å²) in [6.45, 7) is 3.56. The molecule has 1 atom stereocenters. The fourth-order valence-electron chi connectivity index (χ4n) is 1.73. The number of rotatable bonds is 5. The molecule has 0 saturated heterocycles. The molecule has 1 unspecified atom stereocenters. The Morgan fingerprint density at radius 2 is 2.28 bits per heavy atom. The Bertz CT molecular complexity index is 496. The number of halogens is 1. The first-order valence-electron chi connectivity index (χ1n) is 5.64. The van der Waals surface area contributed by atoms with Gasteiger partial charge in [0.25, 0.3) is 0 Å². The zero-order valence-corrected chi connectivity index (χ0v) is 11.1. The van der Waals surface area contributed by atoms with Crippen molar-refractivity contribution in [3.05, 3.63) is 28.8 Å². The number of nitrogens with one attached hydrogen (secondary N) is 1. The molecule has 1 aromatic carbocycles. The summed E-state index contributed by atoms with van der Waals surface area (Å²) in [6.07, 6.45) is 1.25. The van der Waals surface area contributed by atoms with Crippen LogP contribution in [-0.4, -0.2) is 16.6 Å². The number of hydrogen-bond acceptors (Lipinski definition) is 3. The molecule has 1 rings (SSSR count). The molecule has 5 heteroatoms. The van der Waals surface area contributed by atoms with Gasteiger partial charge in [0.05, 0.1) is 10.6 Å². The second kappa shape index (κ2) is 5.74. The van der Waals surface area contributed by atoms with E-state index < -0.39 is 11.5 Å². The fourth-order valence-corrected chi connectivity index (χ4v) is 1.95. The molecule has 0 saturated carbocycles. The van der Waals surface area contributed by atoms with Crippen LogP contribution in [0.1, 0.15) is 32.3 Å². The summed E-state index contributed by atoms with van der Waals surface area (Å²) in [6, 6.07) is 6.75. The molecule has 0 aromatic heterocycles. The standard InChI is InChI=1S/C13H15ClN2O2/c1-3-6-13(2,12(17)18)16-10-5-4-9(8-15)11(14)7-10/h4-5,7,16H,3,6H2,1-2H3,(H,17,18). The van der Waals surface area contributed by atoms with Crippen LogP contribution in [0.5, 0.6) is 0 Å². The summed E-state index contributed by atoms with van der Waals surface area (Å²) < 4.78 is 0. The van der Waals surface area contributed by atoms with Crippen LogP contribution in [0.15, 0.2) is 18.2 Å². The molecule has 18 heavy (non-hydrogen) atoms. The third kappa shape index (κ3) is 3.14. The molecule has 0 fully saturated rings. The normalized spacial score (nSPS) is 13.4. The second-order valence-corrected chi connectivity index (χ2v) is 4.73. The number of nitriles is 1. The summed E-state index contributed by atoms with van der Waals surface area (Å²) in [4.78, 5) is 11.3. The number of carboxylic acids is 1. The van der Waals surface area contributed by atoms with E-state index in [2.05, 4.69) is 5.32 Å². The van der Waals surface area contributed by atoms with Crippen molar-refractivity contribution >= 4 is 23.3 Å². The van der Waals surface area contributed by atoms with Gasteiger partial charge in [0.15, 0.2) is 0 Å². The van der Waals surface area contributed by atoms with Crippen molar-refractivity contribution in [2.75, 3.05) is 5.32 Å². The van der Waals surface area contributed by atoms with Gasteiger partial charge in [-0.25, -0.2) is 4.79 Å². The summed E-state index contributed by atoms with van der Waals surface area (Å²) in [7, 11) is 0. The van der Waals surface area contributed by atoms with Crippen molar-refractivity contribution in [2.24, 2.45) is 0 Å². The van der Waals surface area contributed by atoms with Gasteiger partial charge in [-0.15, -0.1) is 0 Å². The number of nitrogens with zero attached hydrogens (tertiary/aromatic N) is 1. The maximum absolute atomic E-state index is 11.3. The van der Waals surface area contributed by atoms with E-state index in [1.54, 1.807) is 25.1 Å². The number of hydrogen-bond donors (Lipinski definition) is 2. The lowest BCUT2D eigenvalue weighted by atomic mass is 9.96. The van der Waals surface area contributed by atoms with Crippen molar-refractivity contribution in [3.8, 4) is 6.07 Å². The third-order valence-corrected chi connectivity index (χ3v) is 3.04. The Balaban J connectivity index is 2.99. The predicted octanol–water partition coefficient (Wildman–Crippen LogP) is 3.27. The summed E-state index contributed by atoms with van der Waals surface area (Å²) in [5, 5.41) is 21.3. The number of benzene rings is 1. The highest BCUT2D eigenvalue weighted by molar-refractivity contribution is 6.32. The zero-order valence-electron chi connectivity index (χ0n) is 10.3. The molecular formula is C13H15ClN2O2. The molecule has 0 spiro atoms. The van der Waals surface area contributed by atoms with E-state index in [-0.39, 0.29) is 0 Å². The summed E-state index contributed by atoms with van der Waals surface area (Å²) in [5.41, 5.74) is -0.0706. The Morgan fingerprint density at radius 3 is 2.72 bits per heavy atom. The van der Waals surface area contributed by atoms with Gasteiger partial charge < -0.3 is 10.4 Å². The van der Waals surface area contributed by atoms with Crippen LogP contribution in [0.3, 0.4) is 0 Å². The van der Waals surface area contributed by atoms with E-state index >= 15 is 0 Å². The van der Waals surface area contributed by atoms with Crippen LogP contribution in [0.4, 0.5) is 5.69 Å². The SMILES string of the molecule is CCCC(C)(Nc1ccc(C#N)c(Cl)c1)C(=O)O. The molecule has 1 aromatic rings. The minimum absolute atomic E-state index is 0.312. The number of aliphatic carboxylic acids is 1. The topological polar surface area (TPSA) is 73.1 Å². The van der Waals surface area contributed by atoms with Crippen molar-refractivity contribution in [2.45, 2.75) is 32.2 Å². The van der Waals surface area contributed by atoms with Crippen LogP contribution >= 0.6 is 11.6 Å². The molecule has 2 N–H and O–H groups in total. The average molecular weight is 267 g/mol. The van der Waals surface area contributed by atoms with Crippen LogP contribution in [0.2, 0.25) is 5.02 Å². The number of carbonyl (C=O) groups is 1. The Hall–Kier alpha value is -1.73. The lowest BCUT2D eigenvalue weighted by Crippen LogP contribution is -2.43. The molecule has 0 heterocycles. The molecule has 4 nitrogen and oxygen atoms in total. The molecular weight excluding hydrogens is 252 g/mol. The lowest BCUT2D eigenvalue weighted by Gasteiger charge is -2.27. The summed E-state index contributed by atoms with van der Waals surface area (Å²) >= 11 is 5.91. The van der Waals surface area contributed by atoms with E-state index in [0.29, 0.717) is 22.7 Å². The van der Waals surface area contributed by atoms with Gasteiger partial charge in [-0.05, 0) is 31.5 Å². The highest BCUT2D eigenvalue weighted by Crippen LogP contribution is 2.25. The first-order chi connectivity index (χ1) is 8.42. The van der Waals surface area contributed by atoms with Crippen LogP contribution in [-0.2, 0) is 4.79 Å². The quantitative estimate of drug-likeness (QED) is 0.858. The third-order valence-electron chi connectivity index (χ3n) is 2.73. The van der Waals surface area contributed by atoms with Gasteiger partial charge in [-0.2, -0.15) is 5.26 Å². The minimum atomic E-state index is -1.04. The maximum Gasteiger partial charge on any atom is 0.329 e. The van der Waals surface area contributed by atoms with Crippen molar-refractivity contribution in [1.82, 2.24) is 0 Å². The summed E-state index contributed by atoms with van der Waals surface area (Å²) in [5.74, 6) is -0.912. The highest BCUT2D eigenvalue weighted by Gasteiger charge is 2.31. The molecule has 0 aliphatic rings. The molecule has 0 amide bonds. The monoisotopic (exact) mass is 266 g/mol. The Kier molecular flexibility index (Phi) is 4.57. The Labute approximate surface area is 111 Å². The van der Waals surface area contributed by atoms with Crippen LogP contribution in [0, 0.1) is 11.3 Å². The molecule has 0 aliphatic heterocycles. The van der Waals surface area contributed by atoms with E-state index in [9.17, 15) is 9.90 Å². The first-order valence-corrected chi connectivity index (χ1v) is 6.02. The number of carboxylic acid groups (broad SMARTS) is 1. The Morgan fingerprint density at radius 1 is 1.61 bits per heavy atom. The van der Waals surface area contributed by atoms with E-state index in [4.69, 9.17) is 16.9 Å². The zero-order chi connectivity index (χ0) is 13.8. The van der Waals surface area contributed by atoms with Gasteiger partial charge in [0.2, 0.25) is 0 Å². The van der Waals surface area contributed by atoms with Gasteiger partial charge in [-0.1, -0.05) is 24.9 Å². The van der Waals surface area contributed by atoms with Crippen molar-refractivity contribution < 1.29 is 9.90 Å². The molecule has 96 valence electrons. The average Bonchev–Trinajstić information content (AvgIpc) is 2.29. The van der Waals surface area contributed by atoms with Gasteiger partial charge in [-0.3, -0.25) is 0 Å².